The van der Waals surface area contributed by atoms with E-state index in [1.165, 1.54) is 0 Å². The third kappa shape index (κ3) is 4.98. The second kappa shape index (κ2) is 10.1. The van der Waals surface area contributed by atoms with Gasteiger partial charge in [0.1, 0.15) is 19.0 Å². The Morgan fingerprint density at radius 3 is 2.03 bits per heavy atom. The smallest absolute Gasteiger partial charge is 0.410 e. The fourth-order valence-corrected chi connectivity index (χ4v) is 5.20. The minimum atomic E-state index is -0.265. The summed E-state index contributed by atoms with van der Waals surface area (Å²) in [5, 5.41) is 0. The van der Waals surface area contributed by atoms with Crippen LogP contribution in [0.1, 0.15) is 47.2 Å². The van der Waals surface area contributed by atoms with Crippen molar-refractivity contribution in [2.75, 3.05) is 0 Å². The van der Waals surface area contributed by atoms with Crippen molar-refractivity contribution in [3.05, 3.63) is 102 Å². The van der Waals surface area contributed by atoms with Gasteiger partial charge < -0.3 is 14.4 Å². The lowest BCUT2D eigenvalue weighted by Crippen LogP contribution is -2.48. The molecule has 3 aromatic carbocycles. The average Bonchev–Trinajstić information content (AvgIpc) is 3.16. The minimum absolute atomic E-state index is 0.0634. The van der Waals surface area contributed by atoms with Gasteiger partial charge in [0.15, 0.2) is 5.78 Å². The third-order valence-electron chi connectivity index (χ3n) is 6.89. The van der Waals surface area contributed by atoms with Crippen molar-refractivity contribution < 1.29 is 19.1 Å². The van der Waals surface area contributed by atoms with Gasteiger partial charge in [-0.3, -0.25) is 4.79 Å². The van der Waals surface area contributed by atoms with E-state index in [9.17, 15) is 9.59 Å². The van der Waals surface area contributed by atoms with Crippen LogP contribution in [-0.4, -0.2) is 28.9 Å². The van der Waals surface area contributed by atoms with Gasteiger partial charge in [-0.1, -0.05) is 72.8 Å². The van der Waals surface area contributed by atoms with Crippen LogP contribution in [0.3, 0.4) is 0 Å². The van der Waals surface area contributed by atoms with Crippen LogP contribution >= 0.6 is 0 Å². The molecule has 1 amide bonds. The molecule has 0 aromatic heterocycles. The molecule has 2 atom stereocenters. The van der Waals surface area contributed by atoms with Gasteiger partial charge in [0.2, 0.25) is 0 Å². The Labute approximate surface area is 200 Å². The summed E-state index contributed by atoms with van der Waals surface area (Å²) in [5.41, 5.74) is 2.74. The third-order valence-corrected chi connectivity index (χ3v) is 6.89. The number of hydrogen-bond acceptors (Lipinski definition) is 4. The first-order valence-corrected chi connectivity index (χ1v) is 12.0. The monoisotopic (exact) mass is 455 g/mol. The van der Waals surface area contributed by atoms with Crippen molar-refractivity contribution in [3.63, 3.8) is 0 Å². The summed E-state index contributed by atoms with van der Waals surface area (Å²) < 4.78 is 11.5. The van der Waals surface area contributed by atoms with Crippen LogP contribution in [0.5, 0.6) is 5.75 Å². The first-order chi connectivity index (χ1) is 16.7. The van der Waals surface area contributed by atoms with Gasteiger partial charge in [0, 0.05) is 23.6 Å². The molecule has 5 heteroatoms. The van der Waals surface area contributed by atoms with Gasteiger partial charge in [-0.2, -0.15) is 0 Å². The number of ether oxygens (including phenoxy) is 2. The molecule has 2 fully saturated rings. The zero-order valence-corrected chi connectivity index (χ0v) is 19.1. The van der Waals surface area contributed by atoms with E-state index in [0.717, 1.165) is 24.0 Å². The van der Waals surface area contributed by atoms with Gasteiger partial charge in [0.05, 0.1) is 0 Å². The van der Waals surface area contributed by atoms with E-state index in [1.54, 1.807) is 0 Å². The van der Waals surface area contributed by atoms with Crippen LogP contribution in [0.4, 0.5) is 4.79 Å². The molecular formula is C29H29NO4. The van der Waals surface area contributed by atoms with E-state index < -0.39 is 0 Å². The fraction of sp³-hybridized carbons (Fsp3) is 0.310. The Hall–Kier alpha value is -3.60. The van der Waals surface area contributed by atoms with Crippen LogP contribution in [0, 0.1) is 5.92 Å². The highest BCUT2D eigenvalue weighted by atomic mass is 16.6. The largest absolute Gasteiger partial charge is 0.489 e. The maximum absolute atomic E-state index is 13.3. The van der Waals surface area contributed by atoms with Crippen LogP contribution < -0.4 is 4.74 Å². The van der Waals surface area contributed by atoms with E-state index in [0.29, 0.717) is 30.8 Å². The Morgan fingerprint density at radius 2 is 1.38 bits per heavy atom. The summed E-state index contributed by atoms with van der Waals surface area (Å²) in [6.45, 7) is 0.736. The topological polar surface area (TPSA) is 55.8 Å². The Kier molecular flexibility index (Phi) is 6.61. The lowest BCUT2D eigenvalue weighted by Gasteiger charge is -2.37. The first kappa shape index (κ1) is 22.2. The van der Waals surface area contributed by atoms with Crippen LogP contribution in [0.15, 0.2) is 84.9 Å². The molecule has 2 aliphatic heterocycles. The summed E-state index contributed by atoms with van der Waals surface area (Å²) in [5.74, 6) is 0.749. The molecule has 0 saturated carbocycles. The van der Waals surface area contributed by atoms with Gasteiger partial charge in [-0.05, 0) is 48.9 Å². The molecule has 0 spiro atoms. The number of fused-ring (bicyclic) bond motifs is 2. The van der Waals surface area contributed by atoms with Crippen molar-refractivity contribution in [2.24, 2.45) is 5.92 Å². The number of carbonyl (C=O) groups excluding carboxylic acids is 2. The Balaban J connectivity index is 1.19. The van der Waals surface area contributed by atoms with Gasteiger partial charge >= 0.3 is 6.09 Å². The minimum Gasteiger partial charge on any atom is -0.489 e. The summed E-state index contributed by atoms with van der Waals surface area (Å²) in [6.07, 6.45) is 2.96. The molecule has 2 aliphatic rings. The molecule has 174 valence electrons. The molecule has 0 N–H and O–H groups in total. The predicted octanol–water partition coefficient (Wildman–Crippen LogP) is 6.03. The number of amides is 1. The maximum atomic E-state index is 13.3. The summed E-state index contributed by atoms with van der Waals surface area (Å²) in [6, 6.07) is 27.3. The van der Waals surface area contributed by atoms with Crippen molar-refractivity contribution in [1.82, 2.24) is 4.90 Å². The van der Waals surface area contributed by atoms with Gasteiger partial charge in [0.25, 0.3) is 0 Å². The number of carbonyl (C=O) groups is 2. The quantitative estimate of drug-likeness (QED) is 0.408. The summed E-state index contributed by atoms with van der Waals surface area (Å²) in [7, 11) is 0. The van der Waals surface area contributed by atoms with Crippen LogP contribution in [0.2, 0.25) is 0 Å². The molecule has 2 bridgehead atoms. The van der Waals surface area contributed by atoms with Crippen LogP contribution in [0.25, 0.3) is 0 Å². The molecule has 2 heterocycles. The predicted molar refractivity (Wildman–Crippen MR) is 130 cm³/mol. The number of rotatable bonds is 7. The molecule has 0 radical (unpaired) electrons. The molecular weight excluding hydrogens is 426 g/mol. The number of hydrogen-bond donors (Lipinski definition) is 0. The number of benzene rings is 3. The molecule has 2 unspecified atom stereocenters. The Morgan fingerprint density at radius 1 is 0.765 bits per heavy atom. The number of ketones is 1. The molecule has 2 saturated heterocycles. The zero-order valence-electron chi connectivity index (χ0n) is 19.1. The second-order valence-electron chi connectivity index (χ2n) is 9.17. The van der Waals surface area contributed by atoms with E-state index in [-0.39, 0.29) is 36.5 Å². The summed E-state index contributed by atoms with van der Waals surface area (Å²) in [4.78, 5) is 28.0. The van der Waals surface area contributed by atoms with Crippen molar-refractivity contribution in [1.29, 1.82) is 0 Å². The normalized spacial score (nSPS) is 21.2. The van der Waals surface area contributed by atoms with Gasteiger partial charge in [-0.15, -0.1) is 0 Å². The van der Waals surface area contributed by atoms with Crippen molar-refractivity contribution in [3.8, 4) is 5.75 Å². The molecule has 0 aliphatic carbocycles. The fourth-order valence-electron chi connectivity index (χ4n) is 5.20. The van der Waals surface area contributed by atoms with E-state index in [2.05, 4.69) is 0 Å². The molecule has 34 heavy (non-hydrogen) atoms. The molecule has 5 rings (SSSR count). The lowest BCUT2D eigenvalue weighted by atomic mass is 9.85. The van der Waals surface area contributed by atoms with E-state index in [4.69, 9.17) is 9.47 Å². The second-order valence-corrected chi connectivity index (χ2v) is 9.17. The van der Waals surface area contributed by atoms with E-state index >= 15 is 0 Å². The van der Waals surface area contributed by atoms with Crippen LogP contribution in [-0.2, 0) is 18.0 Å². The SMILES string of the molecule is O=C(c1cccc(OCc2ccccc2)c1)C1CC2CCC(C1)N2C(=O)OCc1ccccc1. The number of piperidine rings is 1. The standard InChI is InChI=1S/C29H29NO4/c31-28(23-12-7-13-27(18-23)33-19-21-8-3-1-4-9-21)24-16-25-14-15-26(17-24)30(25)29(32)34-20-22-10-5-2-6-11-22/h1-13,18,24-26H,14-17,19-20H2. The molecule has 5 nitrogen and oxygen atoms in total. The highest BCUT2D eigenvalue weighted by Gasteiger charge is 2.45. The highest BCUT2D eigenvalue weighted by Crippen LogP contribution is 2.40. The Bertz CT molecular complexity index is 1120. The average molecular weight is 456 g/mol. The number of nitrogens with zero attached hydrogens (tertiary/aromatic N) is 1. The number of Topliss-reactive ketones (excluding diaryl/α,β-unsaturated/α-hetero) is 1. The van der Waals surface area contributed by atoms with Gasteiger partial charge in [-0.25, -0.2) is 4.79 Å². The molecule has 3 aromatic rings. The van der Waals surface area contributed by atoms with Crippen molar-refractivity contribution >= 4 is 11.9 Å². The zero-order chi connectivity index (χ0) is 23.3. The first-order valence-electron chi connectivity index (χ1n) is 12.0. The maximum Gasteiger partial charge on any atom is 0.410 e. The van der Waals surface area contributed by atoms with E-state index in [1.807, 2.05) is 89.8 Å². The lowest BCUT2D eigenvalue weighted by molar-refractivity contribution is 0.0485. The van der Waals surface area contributed by atoms with Crippen molar-refractivity contribution in [2.45, 2.75) is 51.0 Å². The summed E-state index contributed by atoms with van der Waals surface area (Å²) >= 11 is 0. The highest BCUT2D eigenvalue weighted by molar-refractivity contribution is 5.98.